The van der Waals surface area contributed by atoms with E-state index >= 15 is 0 Å². The normalized spacial score (nSPS) is 12.6. The van der Waals surface area contributed by atoms with Crippen LogP contribution in [0.2, 0.25) is 0 Å². The number of thioether (sulfide) groups is 1. The molecule has 0 atom stereocenters. The van der Waals surface area contributed by atoms with Gasteiger partial charge < -0.3 is 0 Å². The van der Waals surface area contributed by atoms with Crippen molar-refractivity contribution in [2.24, 2.45) is 0 Å². The molecule has 0 unspecified atom stereocenters. The Hall–Kier alpha value is -0.560. The summed E-state index contributed by atoms with van der Waals surface area (Å²) in [5, 5.41) is 0. The number of rotatable bonds is 6. The van der Waals surface area contributed by atoms with Crippen molar-refractivity contribution >= 4 is 22.0 Å². The molecule has 0 aliphatic heterocycles. The molecule has 0 N–H and O–H groups in total. The third-order valence-corrected chi connectivity index (χ3v) is 5.60. The van der Waals surface area contributed by atoms with Crippen LogP contribution in [0.1, 0.15) is 19.4 Å². The zero-order valence-electron chi connectivity index (χ0n) is 12.1. The molecule has 1 aromatic rings. The number of nitrogens with zero attached hydrogens (tertiary/aromatic N) is 2. The molecule has 6 heteroatoms. The highest BCUT2D eigenvalue weighted by atomic mass is 32.2. The van der Waals surface area contributed by atoms with Crippen molar-refractivity contribution in [1.82, 2.24) is 8.61 Å². The van der Waals surface area contributed by atoms with E-state index in [-0.39, 0.29) is 6.04 Å². The molecule has 0 aromatic heterocycles. The second-order valence-corrected chi connectivity index (χ2v) is 7.76. The summed E-state index contributed by atoms with van der Waals surface area (Å²) in [5.74, 6) is 0. The minimum Gasteiger partial charge on any atom is -0.195 e. The first-order valence-electron chi connectivity index (χ1n) is 6.11. The van der Waals surface area contributed by atoms with Gasteiger partial charge in [-0.3, -0.25) is 0 Å². The number of hydrogen-bond acceptors (Lipinski definition) is 3. The van der Waals surface area contributed by atoms with Gasteiger partial charge in [0.2, 0.25) is 0 Å². The second kappa shape index (κ2) is 6.74. The van der Waals surface area contributed by atoms with Gasteiger partial charge >= 0.3 is 0 Å². The monoisotopic (exact) mass is 302 g/mol. The number of benzene rings is 1. The molecule has 0 aliphatic rings. The standard InChI is InChI=1S/C13H22N2O2S2/c1-11(2)15(19(16,17)14(3)4)10-12-7-6-8-13(9-12)18-5/h6-9,11H,10H2,1-5H3. The zero-order valence-corrected chi connectivity index (χ0v) is 13.8. The Morgan fingerprint density at radius 3 is 2.37 bits per heavy atom. The quantitative estimate of drug-likeness (QED) is 0.758. The lowest BCUT2D eigenvalue weighted by Gasteiger charge is -2.28. The van der Waals surface area contributed by atoms with E-state index in [1.807, 2.05) is 44.4 Å². The van der Waals surface area contributed by atoms with Gasteiger partial charge in [-0.2, -0.15) is 17.0 Å². The Morgan fingerprint density at radius 2 is 1.89 bits per heavy atom. The Morgan fingerprint density at radius 1 is 1.26 bits per heavy atom. The van der Waals surface area contributed by atoms with Crippen molar-refractivity contribution in [1.29, 1.82) is 0 Å². The summed E-state index contributed by atoms with van der Waals surface area (Å²) >= 11 is 1.65. The first-order valence-corrected chi connectivity index (χ1v) is 8.73. The molecule has 0 saturated carbocycles. The Balaban J connectivity index is 3.03. The maximum absolute atomic E-state index is 12.3. The van der Waals surface area contributed by atoms with E-state index < -0.39 is 10.2 Å². The van der Waals surface area contributed by atoms with Crippen molar-refractivity contribution in [3.63, 3.8) is 0 Å². The van der Waals surface area contributed by atoms with Crippen LogP contribution < -0.4 is 0 Å². The van der Waals surface area contributed by atoms with E-state index in [2.05, 4.69) is 0 Å². The van der Waals surface area contributed by atoms with Crippen LogP contribution in [0.5, 0.6) is 0 Å². The second-order valence-electron chi connectivity index (χ2n) is 4.78. The van der Waals surface area contributed by atoms with Gasteiger partial charge in [-0.1, -0.05) is 12.1 Å². The zero-order chi connectivity index (χ0) is 14.6. The maximum atomic E-state index is 12.3. The topological polar surface area (TPSA) is 40.6 Å². The van der Waals surface area contributed by atoms with Crippen LogP contribution in [-0.4, -0.2) is 43.4 Å². The molecule has 0 amide bonds. The summed E-state index contributed by atoms with van der Waals surface area (Å²) in [6, 6.07) is 7.90. The van der Waals surface area contributed by atoms with Crippen molar-refractivity contribution in [2.75, 3.05) is 20.4 Å². The smallest absolute Gasteiger partial charge is 0.195 e. The highest BCUT2D eigenvalue weighted by Crippen LogP contribution is 2.20. The molecule has 1 rings (SSSR count). The molecule has 108 valence electrons. The van der Waals surface area contributed by atoms with Crippen LogP contribution in [0.4, 0.5) is 0 Å². The summed E-state index contributed by atoms with van der Waals surface area (Å²) in [6.45, 7) is 4.17. The van der Waals surface area contributed by atoms with Gasteiger partial charge in [-0.15, -0.1) is 11.8 Å². The van der Waals surface area contributed by atoms with Crippen LogP contribution in [0.25, 0.3) is 0 Å². The van der Waals surface area contributed by atoms with Gasteiger partial charge in [0.05, 0.1) is 0 Å². The van der Waals surface area contributed by atoms with Gasteiger partial charge in [0.25, 0.3) is 10.2 Å². The molecule has 1 aromatic carbocycles. The summed E-state index contributed by atoms with van der Waals surface area (Å²) in [6.07, 6.45) is 2.01. The SMILES string of the molecule is CSc1cccc(CN(C(C)C)S(=O)(=O)N(C)C)c1. The third kappa shape index (κ3) is 4.21. The molecule has 0 spiro atoms. The van der Waals surface area contributed by atoms with Gasteiger partial charge in [-0.25, -0.2) is 0 Å². The van der Waals surface area contributed by atoms with Crippen LogP contribution >= 0.6 is 11.8 Å². The van der Waals surface area contributed by atoms with Gasteiger partial charge in [0.1, 0.15) is 0 Å². The Bertz CT molecular complexity index is 513. The summed E-state index contributed by atoms with van der Waals surface area (Å²) in [5.41, 5.74) is 1.01. The van der Waals surface area contributed by atoms with Crippen LogP contribution in [0.15, 0.2) is 29.2 Å². The molecule has 0 fully saturated rings. The van der Waals surface area contributed by atoms with Crippen molar-refractivity contribution in [3.05, 3.63) is 29.8 Å². The molecule has 0 bridgehead atoms. The van der Waals surface area contributed by atoms with Gasteiger partial charge in [0.15, 0.2) is 0 Å². The lowest BCUT2D eigenvalue weighted by Crippen LogP contribution is -2.43. The fourth-order valence-electron chi connectivity index (χ4n) is 1.69. The largest absolute Gasteiger partial charge is 0.282 e. The maximum Gasteiger partial charge on any atom is 0.282 e. The average molecular weight is 302 g/mol. The predicted octanol–water partition coefficient (Wildman–Crippen LogP) is 2.43. The van der Waals surface area contributed by atoms with Crippen molar-refractivity contribution < 1.29 is 8.42 Å². The first-order chi connectivity index (χ1) is 8.78. The summed E-state index contributed by atoms with van der Waals surface area (Å²) < 4.78 is 27.3. The lowest BCUT2D eigenvalue weighted by atomic mass is 10.2. The molecule has 0 radical (unpaired) electrons. The van der Waals surface area contributed by atoms with E-state index in [0.29, 0.717) is 6.54 Å². The Kier molecular flexibility index (Phi) is 5.85. The molecule has 0 heterocycles. The van der Waals surface area contributed by atoms with E-state index in [1.54, 1.807) is 25.9 Å². The summed E-state index contributed by atoms with van der Waals surface area (Å²) in [4.78, 5) is 1.14. The van der Waals surface area contributed by atoms with E-state index in [0.717, 1.165) is 10.5 Å². The van der Waals surface area contributed by atoms with Crippen molar-refractivity contribution in [2.45, 2.75) is 31.3 Å². The molecule has 19 heavy (non-hydrogen) atoms. The molecular formula is C13H22N2O2S2. The fourth-order valence-corrected chi connectivity index (χ4v) is 3.44. The highest BCUT2D eigenvalue weighted by molar-refractivity contribution is 7.98. The van der Waals surface area contributed by atoms with Crippen molar-refractivity contribution in [3.8, 4) is 0 Å². The van der Waals surface area contributed by atoms with E-state index in [1.165, 1.54) is 8.61 Å². The molecule has 4 nitrogen and oxygen atoms in total. The average Bonchev–Trinajstić information content (AvgIpc) is 2.35. The molecule has 0 saturated heterocycles. The minimum absolute atomic E-state index is 0.0784. The van der Waals surface area contributed by atoms with Gasteiger partial charge in [-0.05, 0) is 37.8 Å². The first kappa shape index (κ1) is 16.5. The number of hydrogen-bond donors (Lipinski definition) is 0. The van der Waals surface area contributed by atoms with Crippen LogP contribution in [0.3, 0.4) is 0 Å². The van der Waals surface area contributed by atoms with Crippen LogP contribution in [0, 0.1) is 0 Å². The minimum atomic E-state index is -3.40. The molecule has 0 aliphatic carbocycles. The summed E-state index contributed by atoms with van der Waals surface area (Å²) in [7, 11) is -0.279. The Labute approximate surface area is 121 Å². The molecular weight excluding hydrogens is 280 g/mol. The van der Waals surface area contributed by atoms with E-state index in [9.17, 15) is 8.42 Å². The fraction of sp³-hybridized carbons (Fsp3) is 0.538. The predicted molar refractivity (Wildman–Crippen MR) is 81.5 cm³/mol. The highest BCUT2D eigenvalue weighted by Gasteiger charge is 2.27. The van der Waals surface area contributed by atoms with E-state index in [4.69, 9.17) is 0 Å². The van der Waals surface area contributed by atoms with Crippen LogP contribution in [-0.2, 0) is 16.8 Å². The third-order valence-electron chi connectivity index (χ3n) is 2.81. The lowest BCUT2D eigenvalue weighted by molar-refractivity contribution is 0.322. The van der Waals surface area contributed by atoms with Gasteiger partial charge in [0, 0.05) is 31.6 Å².